The second-order valence-corrected chi connectivity index (χ2v) is 13.7. The molecule has 0 saturated carbocycles. The van der Waals surface area contributed by atoms with Gasteiger partial charge in [-0.25, -0.2) is 0 Å². The number of para-hydroxylation sites is 2. The smallest absolute Gasteiger partial charge is 0.0433 e. The summed E-state index contributed by atoms with van der Waals surface area (Å²) in [6.07, 6.45) is 11.5. The van der Waals surface area contributed by atoms with Crippen molar-refractivity contribution in [3.05, 3.63) is 178 Å². The molecule has 0 aliphatic rings. The van der Waals surface area contributed by atoms with Crippen molar-refractivity contribution in [1.82, 2.24) is 0 Å². The van der Waals surface area contributed by atoms with E-state index in [2.05, 4.69) is 71.8 Å². The maximum absolute atomic E-state index is 7.00. The fourth-order valence-electron chi connectivity index (χ4n) is 3.18. The maximum atomic E-state index is 7.00. The highest BCUT2D eigenvalue weighted by Gasteiger charge is 1.86. The Bertz CT molecular complexity index is 1800. The molecule has 6 rings (SSSR count). The number of halogens is 2. The summed E-state index contributed by atoms with van der Waals surface area (Å²) >= 11 is 6.56. The minimum atomic E-state index is 0.713. The van der Waals surface area contributed by atoms with Gasteiger partial charge in [0.25, 0.3) is 0 Å². The average Bonchev–Trinajstić information content (AvgIpc) is 3.37. The van der Waals surface area contributed by atoms with Gasteiger partial charge >= 0.3 is 0 Å². The zero-order valence-corrected chi connectivity index (χ0v) is 46.0. The number of benzene rings is 6. The molecule has 0 spiro atoms. The molecule has 0 aliphatic heterocycles. The lowest BCUT2D eigenvalue weighted by atomic mass is 10.2. The van der Waals surface area contributed by atoms with Crippen LogP contribution in [0.1, 0.15) is 52.2 Å². The van der Waals surface area contributed by atoms with E-state index < -0.39 is 0 Å². The molecule has 14 heteroatoms. The molecule has 15 N–H and O–H groups in total. The first kappa shape index (κ1) is 77.2. The largest absolute Gasteiger partial charge is 0.400 e. The number of nitrogens with two attached hydrogens (primary N) is 6. The van der Waals surface area contributed by atoms with E-state index in [1.54, 1.807) is 45.6 Å². The molecule has 0 radical (unpaired) electrons. The lowest BCUT2D eigenvalue weighted by molar-refractivity contribution is 0.215. The first-order valence-electron chi connectivity index (χ1n) is 21.3. The van der Waals surface area contributed by atoms with E-state index in [0.29, 0.717) is 11.4 Å². The number of aliphatic hydroxyl groups is 3. The molecular weight excluding hydrogens is 1000 g/mol. The van der Waals surface area contributed by atoms with Crippen LogP contribution in [0, 0.1) is 24.7 Å². The molecule has 0 fully saturated rings. The van der Waals surface area contributed by atoms with Crippen LogP contribution in [0.3, 0.4) is 0 Å². The molecular formula is C55H84Br2N6O6. The Balaban J connectivity index is -0.000000124. The van der Waals surface area contributed by atoms with Crippen LogP contribution in [-0.4, -0.2) is 77.8 Å². The van der Waals surface area contributed by atoms with Gasteiger partial charge in [-0.15, -0.1) is 12.8 Å². The molecule has 384 valence electrons. The molecule has 12 nitrogen and oxygen atoms in total. The summed E-state index contributed by atoms with van der Waals surface area (Å²) in [7, 11) is 8.04. The number of methoxy groups -OCH3 is 3. The Morgan fingerprint density at radius 2 is 0.580 bits per heavy atom. The third-order valence-electron chi connectivity index (χ3n) is 6.27. The highest BCUT2D eigenvalue weighted by atomic mass is 79.9. The Kier molecular flexibility index (Phi) is 74.1. The summed E-state index contributed by atoms with van der Waals surface area (Å²) < 4.78 is 15.7. The van der Waals surface area contributed by atoms with Crippen molar-refractivity contribution in [2.24, 2.45) is 0 Å². The Morgan fingerprint density at radius 1 is 0.377 bits per heavy atom. The number of rotatable bonds is 3. The van der Waals surface area contributed by atoms with Crippen LogP contribution < -0.4 is 34.4 Å². The highest BCUT2D eigenvalue weighted by Crippen LogP contribution is 2.12. The minimum absolute atomic E-state index is 0.713. The summed E-state index contributed by atoms with van der Waals surface area (Å²) in [6, 6.07) is 48.6. The lowest BCUT2D eigenvalue weighted by Gasteiger charge is -1.90. The van der Waals surface area contributed by atoms with Gasteiger partial charge in [-0.3, -0.25) is 0 Å². The van der Waals surface area contributed by atoms with E-state index in [-0.39, 0.29) is 0 Å². The summed E-state index contributed by atoms with van der Waals surface area (Å²) in [6.45, 7) is 12.6. The maximum Gasteiger partial charge on any atom is 0.0433 e. The molecule has 0 heterocycles. The van der Waals surface area contributed by atoms with Crippen molar-refractivity contribution in [3.8, 4) is 24.7 Å². The summed E-state index contributed by atoms with van der Waals surface area (Å²) in [5, 5.41) is 21.0. The molecule has 69 heavy (non-hydrogen) atoms. The second-order valence-electron chi connectivity index (χ2n) is 11.9. The Hall–Kier alpha value is -6.04. The number of anilines is 6. The molecule has 6 aromatic carbocycles. The van der Waals surface area contributed by atoms with Gasteiger partial charge in [0.2, 0.25) is 0 Å². The fourth-order valence-corrected chi connectivity index (χ4v) is 4.01. The van der Waals surface area contributed by atoms with E-state index in [0.717, 1.165) is 84.0 Å². The van der Waals surface area contributed by atoms with Gasteiger partial charge in [0.05, 0.1) is 0 Å². The molecule has 0 aromatic heterocycles. The number of nitrogen functional groups attached to an aromatic ring is 6. The standard InChI is InChI=1S/2C8H7N.2C6H6BrN.2C6H7N.3C3H8O.C3H8.3CH4O/c2*1-2-7-4-3-5-8(9)6-7;2*7-5-2-1-3-6(8)4-5;2*7-6-4-2-1-3-5-6;3*1-3-4-2;1-3-2;3*1-2/h2*1,3-6H,9H2;2*1-4H,8H2;2*1-5H,7H2;3*3H2,1-2H3;3H2,1-2H3;3*2H,1H3. The first-order valence-corrected chi connectivity index (χ1v) is 22.8. The van der Waals surface area contributed by atoms with Crippen LogP contribution >= 0.6 is 31.9 Å². The van der Waals surface area contributed by atoms with Crippen LogP contribution in [0.2, 0.25) is 0 Å². The van der Waals surface area contributed by atoms with Crippen LogP contribution in [0.5, 0.6) is 0 Å². The molecule has 0 amide bonds. The van der Waals surface area contributed by atoms with E-state index >= 15 is 0 Å². The summed E-state index contributed by atoms with van der Waals surface area (Å²) in [4.78, 5) is 0. The van der Waals surface area contributed by atoms with Crippen molar-refractivity contribution in [1.29, 1.82) is 0 Å². The SMILES string of the molecule is C#Cc1cccc(N)c1.C#Cc1cccc(N)c1.CCC.CCOC.CCOC.CCOC.CO.CO.CO.Nc1cccc(Br)c1.Nc1cccc(Br)c1.Nc1ccccc1.Nc1ccccc1. The third-order valence-corrected chi connectivity index (χ3v) is 7.26. The number of hydrogen-bond acceptors (Lipinski definition) is 12. The van der Waals surface area contributed by atoms with Crippen molar-refractivity contribution < 1.29 is 29.5 Å². The topological polar surface area (TPSA) is 245 Å². The Morgan fingerprint density at radius 3 is 0.696 bits per heavy atom. The van der Waals surface area contributed by atoms with Crippen molar-refractivity contribution in [2.75, 3.05) is 96.9 Å². The minimum Gasteiger partial charge on any atom is -0.400 e. The van der Waals surface area contributed by atoms with Gasteiger partial charge in [-0.1, -0.05) is 125 Å². The summed E-state index contributed by atoms with van der Waals surface area (Å²) in [5.41, 5.74) is 38.8. The normalized spacial score (nSPS) is 7.86. The zero-order chi connectivity index (χ0) is 54.5. The van der Waals surface area contributed by atoms with Gasteiger partial charge < -0.3 is 63.9 Å². The van der Waals surface area contributed by atoms with Gasteiger partial charge in [0.15, 0.2) is 0 Å². The zero-order valence-electron chi connectivity index (χ0n) is 42.8. The number of aliphatic hydroxyl groups excluding tert-OH is 3. The predicted octanol–water partition coefficient (Wildman–Crippen LogP) is 11.3. The van der Waals surface area contributed by atoms with E-state index in [1.807, 2.05) is 154 Å². The third kappa shape index (κ3) is 68.7. The van der Waals surface area contributed by atoms with Gasteiger partial charge in [0.1, 0.15) is 0 Å². The molecule has 0 atom stereocenters. The molecule has 6 aromatic rings. The highest BCUT2D eigenvalue weighted by molar-refractivity contribution is 9.10. The fraction of sp³-hybridized carbons (Fsp3) is 0.273. The predicted molar refractivity (Wildman–Crippen MR) is 309 cm³/mol. The lowest BCUT2D eigenvalue weighted by Crippen LogP contribution is -1.83. The van der Waals surface area contributed by atoms with Gasteiger partial charge in [0, 0.05) is 117 Å². The Labute approximate surface area is 433 Å². The van der Waals surface area contributed by atoms with Crippen molar-refractivity contribution in [2.45, 2.75) is 41.0 Å². The van der Waals surface area contributed by atoms with Crippen LogP contribution in [0.25, 0.3) is 0 Å². The quantitative estimate of drug-likeness (QED) is 0.0594. The van der Waals surface area contributed by atoms with E-state index in [1.165, 1.54) is 6.42 Å². The molecule has 0 aliphatic carbocycles. The second kappa shape index (κ2) is 66.2. The van der Waals surface area contributed by atoms with Crippen LogP contribution in [0.15, 0.2) is 167 Å². The van der Waals surface area contributed by atoms with Crippen LogP contribution in [-0.2, 0) is 14.2 Å². The average molecular weight is 1090 g/mol. The van der Waals surface area contributed by atoms with Crippen LogP contribution in [0.4, 0.5) is 34.1 Å². The molecule has 0 unspecified atom stereocenters. The first-order chi connectivity index (χ1) is 33.2. The van der Waals surface area contributed by atoms with Gasteiger partial charge in [-0.2, -0.15) is 0 Å². The summed E-state index contributed by atoms with van der Waals surface area (Å²) in [5.74, 6) is 4.98. The number of ether oxygens (including phenoxy) is 3. The van der Waals surface area contributed by atoms with Crippen molar-refractivity contribution in [3.63, 3.8) is 0 Å². The van der Waals surface area contributed by atoms with Gasteiger partial charge in [-0.05, 0) is 118 Å². The molecule has 0 bridgehead atoms. The number of terminal acetylenes is 2. The monoisotopic (exact) mass is 1080 g/mol. The van der Waals surface area contributed by atoms with Crippen molar-refractivity contribution >= 4 is 66.0 Å². The van der Waals surface area contributed by atoms with E-state index in [9.17, 15) is 0 Å². The van der Waals surface area contributed by atoms with E-state index in [4.69, 9.17) is 62.6 Å². The number of hydrogen-bond donors (Lipinski definition) is 9. The molecule has 0 saturated heterocycles.